The van der Waals surface area contributed by atoms with Crippen molar-refractivity contribution in [1.29, 1.82) is 0 Å². The Bertz CT molecular complexity index is 25.2. The minimum absolute atomic E-state index is 0. The van der Waals surface area contributed by atoms with Crippen LogP contribution in [0.25, 0.3) is 0 Å². The third-order valence-corrected chi connectivity index (χ3v) is 0. The van der Waals surface area contributed by atoms with Crippen LogP contribution in [-0.4, -0.2) is 9.05 Å². The average Bonchev–Trinajstić information content (AvgIpc) is 0.722. The smallest absolute Gasteiger partial charge is 0.894 e. The second kappa shape index (κ2) is 6.18. The molecule has 32 valence electrons. The predicted octanol–water partition coefficient (Wildman–Crippen LogP) is -11.1. The van der Waals surface area contributed by atoms with Crippen LogP contribution in [0.15, 0.2) is 0 Å². The van der Waals surface area contributed by atoms with Crippen molar-refractivity contribution in [2.45, 2.75) is 0 Å². The van der Waals surface area contributed by atoms with Crippen LogP contribution in [0, 0.1) is 0 Å². The van der Waals surface area contributed by atoms with Crippen molar-refractivity contribution in [3.8, 4) is 0 Å². The van der Waals surface area contributed by atoms with Gasteiger partial charge in [-0.3, -0.25) is 0 Å². The van der Waals surface area contributed by atoms with Crippen molar-refractivity contribution in [3.05, 3.63) is 0 Å². The third-order valence-electron chi connectivity index (χ3n) is 0. The molecule has 0 amide bonds. The maximum absolute atomic E-state index is 8.58. The molecule has 0 saturated heterocycles. The molecule has 7 heteroatoms. The monoisotopic (exact) mass is 138 g/mol. The van der Waals surface area contributed by atoms with Crippen LogP contribution in [-0.2, 0) is 0 Å². The van der Waals surface area contributed by atoms with Gasteiger partial charge in [0.1, 0.15) is 0 Å². The van der Waals surface area contributed by atoms with Gasteiger partial charge in [-0.15, -0.1) is 0 Å². The molecule has 0 aliphatic carbocycles. The predicted molar refractivity (Wildman–Crippen MR) is 5.75 cm³/mol. The van der Waals surface area contributed by atoms with Crippen molar-refractivity contribution >= 4 is 9.05 Å². The van der Waals surface area contributed by atoms with Crippen LogP contribution in [0.4, 0.5) is 0 Å². The zero-order valence-corrected chi connectivity index (χ0v) is 9.13. The molecule has 0 rings (SSSR count). The summed E-state index contributed by atoms with van der Waals surface area (Å²) < 4.78 is 0. The maximum atomic E-state index is 8.58. The van der Waals surface area contributed by atoms with E-state index in [-0.39, 0.29) is 59.1 Å². The van der Waals surface area contributed by atoms with Crippen LogP contribution < -0.4 is 78.3 Å². The van der Waals surface area contributed by atoms with Crippen LogP contribution >= 0.6 is 0 Å². The van der Waals surface area contributed by atoms with Gasteiger partial charge in [0.25, 0.3) is 0 Å². The molecule has 0 aliphatic heterocycles. The van der Waals surface area contributed by atoms with Crippen molar-refractivity contribution in [3.63, 3.8) is 0 Å². The summed E-state index contributed by atoms with van der Waals surface area (Å²) in [6, 6.07) is 0. The molecule has 0 aromatic rings. The minimum atomic E-state index is -5.61. The molecule has 0 fully saturated rings. The molecule has 0 N–H and O–H groups in total. The van der Waals surface area contributed by atoms with Crippen LogP contribution in [0.3, 0.4) is 0 Å². The van der Waals surface area contributed by atoms with Crippen molar-refractivity contribution in [1.82, 2.24) is 0 Å². The van der Waals surface area contributed by atoms with Gasteiger partial charge in [0.05, 0.1) is 0 Å². The van der Waals surface area contributed by atoms with E-state index in [1.807, 2.05) is 0 Å². The van der Waals surface area contributed by atoms with Gasteiger partial charge in [-0.25, -0.2) is 0 Å². The molecule has 0 heterocycles. The van der Waals surface area contributed by atoms with E-state index in [1.54, 1.807) is 0 Å². The van der Waals surface area contributed by atoms with Crippen LogP contribution in [0.1, 0.15) is 0 Å². The first-order chi connectivity index (χ1) is 2.00. The molecule has 0 aromatic carbocycles. The second-order valence-corrected chi connectivity index (χ2v) is 1.50. The molecule has 0 spiro atoms. The molecule has 0 aromatic heterocycles. The fourth-order valence-corrected chi connectivity index (χ4v) is 0. The minimum Gasteiger partial charge on any atom is -0.894 e. The van der Waals surface area contributed by atoms with Gasteiger partial charge in [0, 0.05) is 0 Å². The molecule has 0 bridgehead atoms. The van der Waals surface area contributed by atoms with E-state index in [0.29, 0.717) is 0 Å². The summed E-state index contributed by atoms with van der Waals surface area (Å²) in [5, 5.41) is 0. The molecule has 0 radical (unpaired) electrons. The van der Waals surface area contributed by atoms with Gasteiger partial charge in [0.2, 0.25) is 0 Å². The van der Waals surface area contributed by atoms with Crippen molar-refractivity contribution in [2.24, 2.45) is 0 Å². The Balaban J connectivity index is -0.0000000800. The molecule has 0 atom stereocenters. The first-order valence-electron chi connectivity index (χ1n) is 0.816. The van der Waals surface area contributed by atoms with E-state index in [0.717, 1.165) is 0 Å². The standard InChI is InChI=1S/2Na.O4Si/c;;1-5(2,3)4/q2*+1;-4. The van der Waals surface area contributed by atoms with Crippen LogP contribution in [0.2, 0.25) is 0 Å². The Kier molecular flexibility index (Phi) is 14.2. The van der Waals surface area contributed by atoms with Crippen LogP contribution in [0.5, 0.6) is 0 Å². The van der Waals surface area contributed by atoms with Gasteiger partial charge in [0.15, 0.2) is 0 Å². The zero-order valence-electron chi connectivity index (χ0n) is 4.13. The Hall–Kier alpha value is 2.06. The Morgan fingerprint density at radius 2 is 0.714 bits per heavy atom. The van der Waals surface area contributed by atoms with Gasteiger partial charge in [-0.1, -0.05) is 0 Å². The normalized spacial score (nSPS) is 8.57. The fourth-order valence-electron chi connectivity index (χ4n) is 0. The fraction of sp³-hybridized carbons (Fsp3) is 0. The van der Waals surface area contributed by atoms with E-state index >= 15 is 0 Å². The summed E-state index contributed by atoms with van der Waals surface area (Å²) in [5.74, 6) is 0. The number of hydrogen-bond donors (Lipinski definition) is 0. The third kappa shape index (κ3) is 69.9. The van der Waals surface area contributed by atoms with E-state index in [4.69, 9.17) is 19.2 Å². The zero-order chi connectivity index (χ0) is 4.50. The molecule has 4 nitrogen and oxygen atoms in total. The summed E-state index contributed by atoms with van der Waals surface area (Å²) in [6.45, 7) is 0. The Labute approximate surface area is 86.3 Å². The van der Waals surface area contributed by atoms with E-state index < -0.39 is 9.05 Å². The average molecular weight is 138 g/mol. The van der Waals surface area contributed by atoms with Gasteiger partial charge < -0.3 is 28.2 Å². The molecule has 7 heavy (non-hydrogen) atoms. The first kappa shape index (κ1) is 16.0. The summed E-state index contributed by atoms with van der Waals surface area (Å²) in [5.41, 5.74) is 0. The largest absolute Gasteiger partial charge is 1.00 e. The Morgan fingerprint density at radius 1 is 0.714 bits per heavy atom. The first-order valence-corrected chi connectivity index (χ1v) is 2.45. The van der Waals surface area contributed by atoms with Gasteiger partial charge in [-0.2, -0.15) is 0 Å². The SMILES string of the molecule is [Na+].[Na+].[O-][Si]([O-])([O-])[O-]. The van der Waals surface area contributed by atoms with E-state index in [2.05, 4.69) is 0 Å². The van der Waals surface area contributed by atoms with Crippen molar-refractivity contribution in [2.75, 3.05) is 0 Å². The van der Waals surface area contributed by atoms with E-state index in [1.165, 1.54) is 0 Å². The Morgan fingerprint density at radius 3 is 0.714 bits per heavy atom. The van der Waals surface area contributed by atoms with E-state index in [9.17, 15) is 0 Å². The van der Waals surface area contributed by atoms with Gasteiger partial charge in [-0.05, 0) is 0 Å². The molecular weight excluding hydrogens is 138 g/mol. The number of hydrogen-bond acceptors (Lipinski definition) is 4. The summed E-state index contributed by atoms with van der Waals surface area (Å²) in [6.07, 6.45) is 0. The molecule has 0 aliphatic rings. The summed E-state index contributed by atoms with van der Waals surface area (Å²) in [7, 11) is -5.61. The molecule has 0 unspecified atom stereocenters. The van der Waals surface area contributed by atoms with Gasteiger partial charge >= 0.3 is 59.1 Å². The quantitative estimate of drug-likeness (QED) is 0.311. The topological polar surface area (TPSA) is 92.2 Å². The second-order valence-electron chi connectivity index (χ2n) is 0.500. The van der Waals surface area contributed by atoms with Crippen molar-refractivity contribution < 1.29 is 78.3 Å². The molecule has 0 saturated carbocycles. The molecular formula is Na2O4Si-2. The number of rotatable bonds is 0. The summed E-state index contributed by atoms with van der Waals surface area (Å²) in [4.78, 5) is 34.3. The summed E-state index contributed by atoms with van der Waals surface area (Å²) >= 11 is 0. The maximum Gasteiger partial charge on any atom is 1.00 e.